The lowest BCUT2D eigenvalue weighted by Crippen LogP contribution is -2.34. The standard InChI is InChI=1S/C22H26N2O3S/c1-22(2,28-17-9-5-4-6-10-17)21(26)23-16-11-12-19(27-3)18(15-16)20(25)24-13-7-8-14-24/h4-6,9-12,15H,7-8,13-14H2,1-3H3,(H,23,26). The second kappa shape index (κ2) is 8.69. The van der Waals surface area contributed by atoms with Crippen molar-refractivity contribution in [2.75, 3.05) is 25.5 Å². The van der Waals surface area contributed by atoms with Crippen LogP contribution >= 0.6 is 11.8 Å². The average molecular weight is 399 g/mol. The number of methoxy groups -OCH3 is 1. The molecule has 2 aromatic carbocycles. The summed E-state index contributed by atoms with van der Waals surface area (Å²) in [6.07, 6.45) is 2.05. The van der Waals surface area contributed by atoms with Gasteiger partial charge in [0.15, 0.2) is 0 Å². The lowest BCUT2D eigenvalue weighted by atomic mass is 10.1. The molecule has 3 rings (SSSR count). The number of hydrogen-bond acceptors (Lipinski definition) is 4. The number of likely N-dealkylation sites (tertiary alicyclic amines) is 1. The normalized spacial score (nSPS) is 14.0. The molecule has 0 bridgehead atoms. The molecular formula is C22H26N2O3S. The molecule has 1 heterocycles. The lowest BCUT2D eigenvalue weighted by Gasteiger charge is -2.23. The molecule has 6 heteroatoms. The molecule has 1 fully saturated rings. The SMILES string of the molecule is COc1ccc(NC(=O)C(C)(C)Sc2ccccc2)cc1C(=O)N1CCCC1. The van der Waals surface area contributed by atoms with Crippen molar-refractivity contribution >= 4 is 29.3 Å². The number of anilines is 1. The Morgan fingerprint density at radius 2 is 1.75 bits per heavy atom. The molecule has 28 heavy (non-hydrogen) atoms. The third kappa shape index (κ3) is 4.68. The Kier molecular flexibility index (Phi) is 6.29. The number of nitrogens with zero attached hydrogens (tertiary/aromatic N) is 1. The lowest BCUT2D eigenvalue weighted by molar-refractivity contribution is -0.117. The van der Waals surface area contributed by atoms with Crippen LogP contribution in [-0.2, 0) is 4.79 Å². The Hall–Kier alpha value is -2.47. The number of benzene rings is 2. The van der Waals surface area contributed by atoms with Crippen LogP contribution in [0.25, 0.3) is 0 Å². The molecule has 0 atom stereocenters. The number of hydrogen-bond donors (Lipinski definition) is 1. The summed E-state index contributed by atoms with van der Waals surface area (Å²) >= 11 is 1.50. The highest BCUT2D eigenvalue weighted by atomic mass is 32.2. The second-order valence-corrected chi connectivity index (χ2v) is 8.99. The summed E-state index contributed by atoms with van der Waals surface area (Å²) in [6, 6.07) is 15.0. The molecule has 2 amide bonds. The van der Waals surface area contributed by atoms with Gasteiger partial charge in [0.25, 0.3) is 5.91 Å². The molecule has 1 aliphatic rings. The topological polar surface area (TPSA) is 58.6 Å². The van der Waals surface area contributed by atoms with Crippen LogP contribution in [0.4, 0.5) is 5.69 Å². The molecule has 1 aliphatic heterocycles. The average Bonchev–Trinajstić information content (AvgIpc) is 3.22. The highest BCUT2D eigenvalue weighted by molar-refractivity contribution is 8.01. The summed E-state index contributed by atoms with van der Waals surface area (Å²) in [5.41, 5.74) is 1.07. The van der Waals surface area contributed by atoms with E-state index in [9.17, 15) is 9.59 Å². The van der Waals surface area contributed by atoms with E-state index in [1.807, 2.05) is 49.1 Å². The summed E-state index contributed by atoms with van der Waals surface area (Å²) in [7, 11) is 1.55. The third-order valence-electron chi connectivity index (χ3n) is 4.74. The van der Waals surface area contributed by atoms with E-state index < -0.39 is 4.75 Å². The van der Waals surface area contributed by atoms with E-state index in [0.29, 0.717) is 17.0 Å². The Morgan fingerprint density at radius 1 is 1.07 bits per heavy atom. The van der Waals surface area contributed by atoms with Gasteiger partial charge in [-0.15, -0.1) is 11.8 Å². The van der Waals surface area contributed by atoms with Crippen LogP contribution in [0.5, 0.6) is 5.75 Å². The van der Waals surface area contributed by atoms with Crippen molar-refractivity contribution in [3.05, 3.63) is 54.1 Å². The quantitative estimate of drug-likeness (QED) is 0.731. The second-order valence-electron chi connectivity index (χ2n) is 7.29. The van der Waals surface area contributed by atoms with E-state index in [-0.39, 0.29) is 11.8 Å². The van der Waals surface area contributed by atoms with Crippen LogP contribution in [0, 0.1) is 0 Å². The number of thioether (sulfide) groups is 1. The van der Waals surface area contributed by atoms with Crippen molar-refractivity contribution in [3.8, 4) is 5.75 Å². The van der Waals surface area contributed by atoms with Crippen molar-refractivity contribution in [2.24, 2.45) is 0 Å². The van der Waals surface area contributed by atoms with Gasteiger partial charge < -0.3 is 15.0 Å². The predicted molar refractivity (Wildman–Crippen MR) is 113 cm³/mol. The Bertz CT molecular complexity index is 846. The van der Waals surface area contributed by atoms with E-state index in [4.69, 9.17) is 4.74 Å². The fourth-order valence-electron chi connectivity index (χ4n) is 3.15. The number of ether oxygens (including phenoxy) is 1. The number of carbonyl (C=O) groups is 2. The predicted octanol–water partition coefficient (Wildman–Crippen LogP) is 4.44. The first-order chi connectivity index (χ1) is 13.4. The van der Waals surface area contributed by atoms with Gasteiger partial charge in [0.1, 0.15) is 5.75 Å². The van der Waals surface area contributed by atoms with Gasteiger partial charge in [-0.05, 0) is 57.0 Å². The Morgan fingerprint density at radius 3 is 2.39 bits per heavy atom. The van der Waals surface area contributed by atoms with Gasteiger partial charge in [-0.2, -0.15) is 0 Å². The Labute approximate surface area is 170 Å². The Balaban J connectivity index is 1.76. The zero-order valence-corrected chi connectivity index (χ0v) is 17.3. The van der Waals surface area contributed by atoms with E-state index in [0.717, 1.165) is 30.8 Å². The summed E-state index contributed by atoms with van der Waals surface area (Å²) in [4.78, 5) is 28.6. The van der Waals surface area contributed by atoms with Crippen molar-refractivity contribution in [3.63, 3.8) is 0 Å². The maximum absolute atomic E-state index is 12.9. The first-order valence-corrected chi connectivity index (χ1v) is 10.3. The molecule has 0 saturated carbocycles. The molecule has 1 N–H and O–H groups in total. The maximum Gasteiger partial charge on any atom is 0.257 e. The molecule has 1 saturated heterocycles. The van der Waals surface area contributed by atoms with Crippen molar-refractivity contribution in [1.29, 1.82) is 0 Å². The number of rotatable bonds is 6. The van der Waals surface area contributed by atoms with Crippen LogP contribution in [0.1, 0.15) is 37.0 Å². The van der Waals surface area contributed by atoms with Gasteiger partial charge in [-0.25, -0.2) is 0 Å². The molecule has 148 valence electrons. The van der Waals surface area contributed by atoms with Crippen LogP contribution in [0.2, 0.25) is 0 Å². The molecule has 0 unspecified atom stereocenters. The molecule has 0 aliphatic carbocycles. The molecule has 5 nitrogen and oxygen atoms in total. The monoisotopic (exact) mass is 398 g/mol. The van der Waals surface area contributed by atoms with Crippen molar-refractivity contribution < 1.29 is 14.3 Å². The smallest absolute Gasteiger partial charge is 0.257 e. The minimum atomic E-state index is -0.666. The summed E-state index contributed by atoms with van der Waals surface area (Å²) in [6.45, 7) is 5.30. The largest absolute Gasteiger partial charge is 0.496 e. The zero-order valence-electron chi connectivity index (χ0n) is 16.5. The maximum atomic E-state index is 12.9. The van der Waals surface area contributed by atoms with Gasteiger partial charge >= 0.3 is 0 Å². The fourth-order valence-corrected chi connectivity index (χ4v) is 4.18. The van der Waals surface area contributed by atoms with E-state index >= 15 is 0 Å². The van der Waals surface area contributed by atoms with Gasteiger partial charge in [-0.1, -0.05) is 18.2 Å². The third-order valence-corrected chi connectivity index (χ3v) is 5.95. The highest BCUT2D eigenvalue weighted by Gasteiger charge is 2.30. The van der Waals surface area contributed by atoms with Crippen molar-refractivity contribution in [2.45, 2.75) is 36.3 Å². The van der Waals surface area contributed by atoms with Crippen LogP contribution < -0.4 is 10.1 Å². The van der Waals surface area contributed by atoms with Gasteiger partial charge in [0.2, 0.25) is 5.91 Å². The molecule has 0 spiro atoms. The van der Waals surface area contributed by atoms with E-state index in [2.05, 4.69) is 5.32 Å². The van der Waals surface area contributed by atoms with Crippen LogP contribution in [-0.4, -0.2) is 41.7 Å². The molecule has 0 aromatic heterocycles. The first-order valence-electron chi connectivity index (χ1n) is 9.43. The van der Waals surface area contributed by atoms with Crippen LogP contribution in [0.3, 0.4) is 0 Å². The number of amides is 2. The van der Waals surface area contributed by atoms with E-state index in [1.165, 1.54) is 11.8 Å². The van der Waals surface area contributed by atoms with Crippen molar-refractivity contribution in [1.82, 2.24) is 4.90 Å². The zero-order chi connectivity index (χ0) is 20.1. The summed E-state index contributed by atoms with van der Waals surface area (Å²) < 4.78 is 4.70. The van der Waals surface area contributed by atoms with E-state index in [1.54, 1.807) is 25.3 Å². The highest BCUT2D eigenvalue weighted by Crippen LogP contribution is 2.34. The summed E-state index contributed by atoms with van der Waals surface area (Å²) in [5.74, 6) is 0.349. The first kappa shape index (κ1) is 20.3. The minimum Gasteiger partial charge on any atom is -0.496 e. The minimum absolute atomic E-state index is 0.0524. The summed E-state index contributed by atoms with van der Waals surface area (Å²) in [5, 5.41) is 2.95. The molecular weight excluding hydrogens is 372 g/mol. The molecule has 2 aromatic rings. The van der Waals surface area contributed by atoms with Gasteiger partial charge in [0, 0.05) is 23.7 Å². The fraction of sp³-hybridized carbons (Fsp3) is 0.364. The van der Waals surface area contributed by atoms with Crippen LogP contribution in [0.15, 0.2) is 53.4 Å². The molecule has 0 radical (unpaired) electrons. The number of nitrogens with one attached hydrogen (secondary N) is 1. The number of carbonyl (C=O) groups excluding carboxylic acids is 2. The van der Waals surface area contributed by atoms with Gasteiger partial charge in [-0.3, -0.25) is 9.59 Å². The van der Waals surface area contributed by atoms with Gasteiger partial charge in [0.05, 0.1) is 17.4 Å².